The predicted octanol–water partition coefficient (Wildman–Crippen LogP) is 0.904. The van der Waals surface area contributed by atoms with Crippen molar-refractivity contribution < 1.29 is 19.4 Å². The zero-order valence-corrected chi connectivity index (χ0v) is 10.4. The lowest BCUT2D eigenvalue weighted by atomic mass is 10.3. The molecule has 0 radical (unpaired) electrons. The lowest BCUT2D eigenvalue weighted by Crippen LogP contribution is -2.39. The van der Waals surface area contributed by atoms with Crippen LogP contribution in [0.2, 0.25) is 0 Å². The van der Waals surface area contributed by atoms with Gasteiger partial charge in [0.1, 0.15) is 0 Å². The van der Waals surface area contributed by atoms with Crippen LogP contribution in [0.15, 0.2) is 16.7 Å². The van der Waals surface area contributed by atoms with Crippen LogP contribution in [0.5, 0.6) is 5.75 Å². The monoisotopic (exact) mass is 302 g/mol. The van der Waals surface area contributed by atoms with Gasteiger partial charge in [-0.25, -0.2) is 4.98 Å². The Morgan fingerprint density at radius 3 is 3.12 bits per heavy atom. The Balaban J connectivity index is 2.04. The molecule has 17 heavy (non-hydrogen) atoms. The second-order valence-corrected chi connectivity index (χ2v) is 4.27. The SMILES string of the molecule is O=C(Nc1nccc(Br)c1O)C1COCCO1. The number of ether oxygens (including phenoxy) is 2. The van der Waals surface area contributed by atoms with Gasteiger partial charge < -0.3 is 19.9 Å². The fourth-order valence-electron chi connectivity index (χ4n) is 1.36. The largest absolute Gasteiger partial charge is 0.503 e. The number of nitrogens with one attached hydrogen (secondary N) is 1. The fourth-order valence-corrected chi connectivity index (χ4v) is 1.66. The molecular formula is C10H11BrN2O4. The van der Waals surface area contributed by atoms with Gasteiger partial charge in [-0.05, 0) is 22.0 Å². The number of hydrogen-bond donors (Lipinski definition) is 2. The molecule has 1 fully saturated rings. The molecule has 0 aromatic carbocycles. The highest BCUT2D eigenvalue weighted by molar-refractivity contribution is 9.10. The molecular weight excluding hydrogens is 292 g/mol. The normalized spacial score (nSPS) is 19.9. The molecule has 6 nitrogen and oxygen atoms in total. The molecule has 92 valence electrons. The molecule has 1 unspecified atom stereocenters. The fraction of sp³-hybridized carbons (Fsp3) is 0.400. The zero-order valence-electron chi connectivity index (χ0n) is 8.85. The first-order valence-electron chi connectivity index (χ1n) is 5.02. The van der Waals surface area contributed by atoms with Crippen LogP contribution in [-0.2, 0) is 14.3 Å². The van der Waals surface area contributed by atoms with E-state index in [0.717, 1.165) is 0 Å². The summed E-state index contributed by atoms with van der Waals surface area (Å²) in [6, 6.07) is 1.57. The van der Waals surface area contributed by atoms with Crippen LogP contribution >= 0.6 is 15.9 Å². The third kappa shape index (κ3) is 2.93. The van der Waals surface area contributed by atoms with Crippen molar-refractivity contribution in [2.75, 3.05) is 25.1 Å². The average Bonchev–Trinajstić information content (AvgIpc) is 2.36. The Morgan fingerprint density at radius 1 is 1.59 bits per heavy atom. The lowest BCUT2D eigenvalue weighted by molar-refractivity contribution is -0.142. The van der Waals surface area contributed by atoms with Gasteiger partial charge in [0.2, 0.25) is 0 Å². The van der Waals surface area contributed by atoms with Crippen LogP contribution in [0.25, 0.3) is 0 Å². The van der Waals surface area contributed by atoms with Gasteiger partial charge in [0.15, 0.2) is 17.7 Å². The Kier molecular flexibility index (Phi) is 3.93. The molecule has 1 saturated heterocycles. The van der Waals surface area contributed by atoms with Crippen molar-refractivity contribution in [1.29, 1.82) is 0 Å². The van der Waals surface area contributed by atoms with Crippen molar-refractivity contribution in [2.45, 2.75) is 6.10 Å². The molecule has 2 rings (SSSR count). The molecule has 2 heterocycles. The minimum absolute atomic E-state index is 0.0959. The number of carbonyl (C=O) groups excluding carboxylic acids is 1. The maximum absolute atomic E-state index is 11.7. The number of carbonyl (C=O) groups is 1. The van der Waals surface area contributed by atoms with Gasteiger partial charge in [-0.15, -0.1) is 0 Å². The molecule has 1 amide bonds. The van der Waals surface area contributed by atoms with E-state index in [4.69, 9.17) is 9.47 Å². The maximum atomic E-state index is 11.7. The standard InChI is InChI=1S/C10H11BrN2O4/c11-6-1-2-12-9(8(6)14)13-10(15)7-5-16-3-4-17-7/h1-2,7,14H,3-5H2,(H,12,13,15). The van der Waals surface area contributed by atoms with E-state index in [2.05, 4.69) is 26.2 Å². The summed E-state index contributed by atoms with van der Waals surface area (Å²) >= 11 is 3.13. The molecule has 7 heteroatoms. The summed E-state index contributed by atoms with van der Waals surface area (Å²) in [7, 11) is 0. The molecule has 1 aromatic heterocycles. The van der Waals surface area contributed by atoms with Gasteiger partial charge in [-0.3, -0.25) is 4.79 Å². The number of rotatable bonds is 2. The number of aromatic nitrogens is 1. The summed E-state index contributed by atoms with van der Waals surface area (Å²) < 4.78 is 10.8. The molecule has 0 aliphatic carbocycles. The zero-order chi connectivity index (χ0) is 12.3. The highest BCUT2D eigenvalue weighted by atomic mass is 79.9. The average molecular weight is 303 g/mol. The van der Waals surface area contributed by atoms with Crippen LogP contribution in [0.3, 0.4) is 0 Å². The van der Waals surface area contributed by atoms with Gasteiger partial charge in [0.05, 0.1) is 24.3 Å². The Labute approximate surface area is 106 Å². The Bertz CT molecular complexity index is 421. The smallest absolute Gasteiger partial charge is 0.257 e. The number of pyridine rings is 1. The molecule has 1 aliphatic heterocycles. The summed E-state index contributed by atoms with van der Waals surface area (Å²) in [6.45, 7) is 1.08. The number of hydrogen-bond acceptors (Lipinski definition) is 5. The number of aromatic hydroxyl groups is 1. The van der Waals surface area contributed by atoms with Crippen molar-refractivity contribution in [2.24, 2.45) is 0 Å². The van der Waals surface area contributed by atoms with Gasteiger partial charge in [0.25, 0.3) is 5.91 Å². The first-order valence-corrected chi connectivity index (χ1v) is 5.81. The molecule has 0 saturated carbocycles. The minimum atomic E-state index is -0.663. The highest BCUT2D eigenvalue weighted by Crippen LogP contribution is 2.29. The van der Waals surface area contributed by atoms with Crippen LogP contribution in [-0.4, -0.2) is 41.9 Å². The van der Waals surface area contributed by atoms with Crippen molar-refractivity contribution in [3.63, 3.8) is 0 Å². The predicted molar refractivity (Wildman–Crippen MR) is 62.8 cm³/mol. The first kappa shape index (κ1) is 12.3. The Morgan fingerprint density at radius 2 is 2.41 bits per heavy atom. The van der Waals surface area contributed by atoms with E-state index in [1.165, 1.54) is 6.20 Å². The van der Waals surface area contributed by atoms with E-state index in [1.54, 1.807) is 6.07 Å². The lowest BCUT2D eigenvalue weighted by Gasteiger charge is -2.21. The van der Waals surface area contributed by atoms with Crippen LogP contribution in [0, 0.1) is 0 Å². The van der Waals surface area contributed by atoms with Crippen LogP contribution in [0.1, 0.15) is 0 Å². The van der Waals surface area contributed by atoms with Gasteiger partial charge in [-0.2, -0.15) is 0 Å². The quantitative estimate of drug-likeness (QED) is 0.848. The second-order valence-electron chi connectivity index (χ2n) is 3.41. The molecule has 2 N–H and O–H groups in total. The topological polar surface area (TPSA) is 80.7 Å². The second kappa shape index (κ2) is 5.44. The number of amides is 1. The third-order valence-electron chi connectivity index (χ3n) is 2.22. The number of nitrogens with zero attached hydrogens (tertiary/aromatic N) is 1. The third-order valence-corrected chi connectivity index (χ3v) is 2.86. The van der Waals surface area contributed by atoms with E-state index in [0.29, 0.717) is 17.7 Å². The van der Waals surface area contributed by atoms with E-state index in [-0.39, 0.29) is 24.1 Å². The summed E-state index contributed by atoms with van der Waals surface area (Å²) in [4.78, 5) is 15.6. The van der Waals surface area contributed by atoms with Crippen molar-refractivity contribution in [3.05, 3.63) is 16.7 Å². The number of anilines is 1. The van der Waals surface area contributed by atoms with Crippen molar-refractivity contribution in [1.82, 2.24) is 4.98 Å². The summed E-state index contributed by atoms with van der Waals surface area (Å²) in [5.74, 6) is -0.401. The Hall–Kier alpha value is -1.18. The van der Waals surface area contributed by atoms with Gasteiger partial charge >= 0.3 is 0 Å². The summed E-state index contributed by atoms with van der Waals surface area (Å²) in [5.41, 5.74) is 0. The van der Waals surface area contributed by atoms with Crippen molar-refractivity contribution in [3.8, 4) is 5.75 Å². The highest BCUT2D eigenvalue weighted by Gasteiger charge is 2.24. The van der Waals surface area contributed by atoms with Crippen LogP contribution < -0.4 is 5.32 Å². The molecule has 1 atom stereocenters. The van der Waals surface area contributed by atoms with Gasteiger partial charge in [0, 0.05) is 6.20 Å². The molecule has 1 aliphatic rings. The molecule has 0 spiro atoms. The first-order chi connectivity index (χ1) is 8.18. The van der Waals surface area contributed by atoms with E-state index >= 15 is 0 Å². The van der Waals surface area contributed by atoms with E-state index in [1.807, 2.05) is 0 Å². The van der Waals surface area contributed by atoms with E-state index < -0.39 is 6.10 Å². The van der Waals surface area contributed by atoms with E-state index in [9.17, 15) is 9.90 Å². The maximum Gasteiger partial charge on any atom is 0.257 e. The van der Waals surface area contributed by atoms with Crippen LogP contribution in [0.4, 0.5) is 5.82 Å². The van der Waals surface area contributed by atoms with Gasteiger partial charge in [-0.1, -0.05) is 0 Å². The number of halogens is 1. The minimum Gasteiger partial charge on any atom is -0.503 e. The molecule has 1 aromatic rings. The molecule has 0 bridgehead atoms. The summed E-state index contributed by atoms with van der Waals surface area (Å²) in [6.07, 6.45) is 0.807. The van der Waals surface area contributed by atoms with Crippen molar-refractivity contribution >= 4 is 27.7 Å². The summed E-state index contributed by atoms with van der Waals surface area (Å²) in [5, 5.41) is 12.1.